The second-order valence-electron chi connectivity index (χ2n) is 3.87. The van der Waals surface area contributed by atoms with Crippen LogP contribution in [0.25, 0.3) is 0 Å². The molecule has 0 heterocycles. The van der Waals surface area contributed by atoms with Gasteiger partial charge in [0.15, 0.2) is 0 Å². The molecule has 0 aromatic heterocycles. The molecule has 0 amide bonds. The van der Waals surface area contributed by atoms with E-state index < -0.39 is 0 Å². The number of benzene rings is 2. The monoisotopic (exact) mass is 212 g/mol. The van der Waals surface area contributed by atoms with Gasteiger partial charge in [0, 0.05) is 0 Å². The minimum absolute atomic E-state index is 0.888. The maximum atomic E-state index is 5.85. The molecular weight excluding hydrogens is 196 g/mol. The van der Waals surface area contributed by atoms with Gasteiger partial charge in [-0.05, 0) is 42.7 Å². The first-order valence-corrected chi connectivity index (χ1v) is 5.62. The molecule has 0 fully saturated rings. The highest BCUT2D eigenvalue weighted by Crippen LogP contribution is 2.25. The van der Waals surface area contributed by atoms with Crippen LogP contribution in [0.3, 0.4) is 0 Å². The summed E-state index contributed by atoms with van der Waals surface area (Å²) in [6, 6.07) is 16.3. The predicted octanol–water partition coefficient (Wildman–Crippen LogP) is 4.35. The van der Waals surface area contributed by atoms with Crippen LogP contribution < -0.4 is 4.74 Å². The topological polar surface area (TPSA) is 9.23 Å². The van der Waals surface area contributed by atoms with Crippen molar-refractivity contribution in [1.29, 1.82) is 0 Å². The number of aryl methyl sites for hydroxylation is 2. The summed E-state index contributed by atoms with van der Waals surface area (Å²) < 4.78 is 5.85. The lowest BCUT2D eigenvalue weighted by Crippen LogP contribution is -1.89. The zero-order chi connectivity index (χ0) is 11.4. The Morgan fingerprint density at radius 2 is 1.75 bits per heavy atom. The minimum atomic E-state index is 0.888. The van der Waals surface area contributed by atoms with Crippen molar-refractivity contribution in [2.45, 2.75) is 20.3 Å². The van der Waals surface area contributed by atoms with E-state index in [0.29, 0.717) is 0 Å². The summed E-state index contributed by atoms with van der Waals surface area (Å²) in [5, 5.41) is 0. The van der Waals surface area contributed by atoms with E-state index in [9.17, 15) is 0 Å². The van der Waals surface area contributed by atoms with Crippen LogP contribution in [0.5, 0.6) is 11.5 Å². The number of hydrogen-bond donors (Lipinski definition) is 0. The molecule has 0 bridgehead atoms. The Balaban J connectivity index is 2.27. The molecule has 82 valence electrons. The zero-order valence-electron chi connectivity index (χ0n) is 9.73. The highest BCUT2D eigenvalue weighted by Gasteiger charge is 2.01. The molecule has 0 spiro atoms. The van der Waals surface area contributed by atoms with Crippen molar-refractivity contribution in [1.82, 2.24) is 0 Å². The summed E-state index contributed by atoms with van der Waals surface area (Å²) in [5.74, 6) is 1.84. The van der Waals surface area contributed by atoms with E-state index in [1.165, 1.54) is 11.1 Å². The van der Waals surface area contributed by atoms with Gasteiger partial charge >= 0.3 is 0 Å². The van der Waals surface area contributed by atoms with Gasteiger partial charge in [-0.1, -0.05) is 37.3 Å². The van der Waals surface area contributed by atoms with E-state index in [0.717, 1.165) is 17.9 Å². The fraction of sp³-hybridized carbons (Fsp3) is 0.200. The second kappa shape index (κ2) is 4.84. The van der Waals surface area contributed by atoms with Crippen molar-refractivity contribution in [3.63, 3.8) is 0 Å². The summed E-state index contributed by atoms with van der Waals surface area (Å²) in [5.41, 5.74) is 2.47. The molecule has 2 aromatic rings. The molecule has 1 heteroatoms. The van der Waals surface area contributed by atoms with Gasteiger partial charge in [0.1, 0.15) is 11.5 Å². The largest absolute Gasteiger partial charge is 0.457 e. The summed E-state index contributed by atoms with van der Waals surface area (Å²) in [6.45, 7) is 4.22. The maximum absolute atomic E-state index is 5.85. The van der Waals surface area contributed by atoms with Gasteiger partial charge in [-0.2, -0.15) is 0 Å². The van der Waals surface area contributed by atoms with Gasteiger partial charge < -0.3 is 4.74 Å². The van der Waals surface area contributed by atoms with E-state index in [1.54, 1.807) is 0 Å². The summed E-state index contributed by atoms with van der Waals surface area (Å²) in [7, 11) is 0. The van der Waals surface area contributed by atoms with Gasteiger partial charge in [-0.25, -0.2) is 0 Å². The molecule has 0 N–H and O–H groups in total. The van der Waals surface area contributed by atoms with Crippen LogP contribution in [0.15, 0.2) is 48.5 Å². The molecule has 0 unspecified atom stereocenters. The smallest absolute Gasteiger partial charge is 0.130 e. The first-order valence-electron chi connectivity index (χ1n) is 5.62. The van der Waals surface area contributed by atoms with Crippen LogP contribution in [-0.4, -0.2) is 0 Å². The van der Waals surface area contributed by atoms with Crippen LogP contribution in [-0.2, 0) is 6.42 Å². The summed E-state index contributed by atoms with van der Waals surface area (Å²) in [4.78, 5) is 0. The van der Waals surface area contributed by atoms with E-state index in [2.05, 4.69) is 32.0 Å². The van der Waals surface area contributed by atoms with Crippen molar-refractivity contribution < 1.29 is 4.74 Å². The first kappa shape index (κ1) is 10.7. The standard InChI is InChI=1S/C15H16O/c1-3-13-10-9-12(2)15(11-13)16-14-7-5-4-6-8-14/h4-11H,3H2,1-2H3. The molecule has 2 rings (SSSR count). The third kappa shape index (κ3) is 2.43. The van der Waals surface area contributed by atoms with E-state index in [4.69, 9.17) is 4.74 Å². The van der Waals surface area contributed by atoms with Gasteiger partial charge in [-0.15, -0.1) is 0 Å². The lowest BCUT2D eigenvalue weighted by molar-refractivity contribution is 0.478. The Morgan fingerprint density at radius 3 is 2.44 bits per heavy atom. The van der Waals surface area contributed by atoms with Gasteiger partial charge in [0.25, 0.3) is 0 Å². The molecular formula is C15H16O. The van der Waals surface area contributed by atoms with Gasteiger partial charge in [0.2, 0.25) is 0 Å². The number of rotatable bonds is 3. The maximum Gasteiger partial charge on any atom is 0.130 e. The van der Waals surface area contributed by atoms with Crippen LogP contribution in [0.1, 0.15) is 18.1 Å². The Hall–Kier alpha value is -1.76. The van der Waals surface area contributed by atoms with E-state index in [-0.39, 0.29) is 0 Å². The average molecular weight is 212 g/mol. The third-order valence-corrected chi connectivity index (χ3v) is 2.63. The Bertz CT molecular complexity index is 460. The van der Waals surface area contributed by atoms with Crippen molar-refractivity contribution in [2.75, 3.05) is 0 Å². The Kier molecular flexibility index (Phi) is 3.25. The number of para-hydroxylation sites is 1. The summed E-state index contributed by atoms with van der Waals surface area (Å²) >= 11 is 0. The first-order chi connectivity index (χ1) is 7.79. The van der Waals surface area contributed by atoms with Crippen LogP contribution in [0.2, 0.25) is 0 Å². The fourth-order valence-electron chi connectivity index (χ4n) is 1.59. The molecule has 0 aliphatic heterocycles. The zero-order valence-corrected chi connectivity index (χ0v) is 9.73. The molecule has 0 saturated heterocycles. The normalized spacial score (nSPS) is 10.1. The van der Waals surface area contributed by atoms with Crippen molar-refractivity contribution in [2.24, 2.45) is 0 Å². The fourth-order valence-corrected chi connectivity index (χ4v) is 1.59. The van der Waals surface area contributed by atoms with Crippen LogP contribution in [0, 0.1) is 6.92 Å². The lowest BCUT2D eigenvalue weighted by atomic mass is 10.1. The molecule has 0 aliphatic rings. The number of hydrogen-bond acceptors (Lipinski definition) is 1. The molecule has 0 atom stereocenters. The quantitative estimate of drug-likeness (QED) is 0.735. The second-order valence-corrected chi connectivity index (χ2v) is 3.87. The lowest BCUT2D eigenvalue weighted by Gasteiger charge is -2.09. The third-order valence-electron chi connectivity index (χ3n) is 2.63. The minimum Gasteiger partial charge on any atom is -0.457 e. The number of ether oxygens (including phenoxy) is 1. The Labute approximate surface area is 96.7 Å². The summed E-state index contributed by atoms with van der Waals surface area (Å²) in [6.07, 6.45) is 1.03. The van der Waals surface area contributed by atoms with E-state index in [1.807, 2.05) is 30.3 Å². The molecule has 16 heavy (non-hydrogen) atoms. The van der Waals surface area contributed by atoms with Crippen LogP contribution >= 0.6 is 0 Å². The van der Waals surface area contributed by atoms with Gasteiger partial charge in [-0.3, -0.25) is 0 Å². The molecule has 0 aliphatic carbocycles. The van der Waals surface area contributed by atoms with Crippen LogP contribution in [0.4, 0.5) is 0 Å². The molecule has 0 radical (unpaired) electrons. The highest BCUT2D eigenvalue weighted by atomic mass is 16.5. The van der Waals surface area contributed by atoms with Crippen molar-refractivity contribution >= 4 is 0 Å². The predicted molar refractivity (Wildman–Crippen MR) is 67.1 cm³/mol. The highest BCUT2D eigenvalue weighted by molar-refractivity contribution is 5.40. The molecule has 1 nitrogen and oxygen atoms in total. The van der Waals surface area contributed by atoms with Crippen molar-refractivity contribution in [3.05, 3.63) is 59.7 Å². The molecule has 0 saturated carbocycles. The Morgan fingerprint density at radius 1 is 1.00 bits per heavy atom. The molecule has 2 aromatic carbocycles. The average Bonchev–Trinajstić information content (AvgIpc) is 2.33. The SMILES string of the molecule is CCc1ccc(C)c(Oc2ccccc2)c1. The van der Waals surface area contributed by atoms with Gasteiger partial charge in [0.05, 0.1) is 0 Å². The van der Waals surface area contributed by atoms with Crippen molar-refractivity contribution in [3.8, 4) is 11.5 Å². The van der Waals surface area contributed by atoms with E-state index >= 15 is 0 Å².